The fraction of sp³-hybridized carbons (Fsp3) is 0.0833. The van der Waals surface area contributed by atoms with E-state index in [2.05, 4.69) is 18.3 Å². The zero-order valence-corrected chi connectivity index (χ0v) is 8.40. The number of pyridine rings is 1. The molecule has 1 aromatic carbocycles. The molecule has 15 heavy (non-hydrogen) atoms. The van der Waals surface area contributed by atoms with E-state index in [9.17, 15) is 0 Å². The molecular formula is C12H9BNO. The molecule has 71 valence electrons. The van der Waals surface area contributed by atoms with Gasteiger partial charge >= 0.3 is 0 Å². The van der Waals surface area contributed by atoms with Gasteiger partial charge < -0.3 is 4.42 Å². The van der Waals surface area contributed by atoms with Gasteiger partial charge in [0.1, 0.15) is 18.4 Å². The first kappa shape index (κ1) is 8.54. The summed E-state index contributed by atoms with van der Waals surface area (Å²) in [6.45, 7) is 2.02. The van der Waals surface area contributed by atoms with Crippen molar-refractivity contribution in [3.05, 3.63) is 36.5 Å². The van der Waals surface area contributed by atoms with Crippen molar-refractivity contribution in [1.82, 2.24) is 4.98 Å². The van der Waals surface area contributed by atoms with Crippen molar-refractivity contribution in [3.8, 4) is 0 Å². The highest BCUT2D eigenvalue weighted by atomic mass is 16.3. The Kier molecular flexibility index (Phi) is 1.78. The third-order valence-corrected chi connectivity index (χ3v) is 2.60. The number of furan rings is 1. The monoisotopic (exact) mass is 194 g/mol. The SMILES string of the molecule is C[B]c1cccc2oc3cccnc3c12. The lowest BCUT2D eigenvalue weighted by Crippen LogP contribution is -2.10. The average Bonchev–Trinajstić information content (AvgIpc) is 2.67. The Labute approximate surface area is 88.2 Å². The lowest BCUT2D eigenvalue weighted by atomic mass is 9.72. The summed E-state index contributed by atoms with van der Waals surface area (Å²) < 4.78 is 5.71. The first-order chi connectivity index (χ1) is 7.40. The summed E-state index contributed by atoms with van der Waals surface area (Å²) in [5, 5.41) is 1.11. The lowest BCUT2D eigenvalue weighted by molar-refractivity contribution is 0.668. The van der Waals surface area contributed by atoms with E-state index in [-0.39, 0.29) is 0 Å². The molecule has 2 nitrogen and oxygen atoms in total. The van der Waals surface area contributed by atoms with E-state index in [1.807, 2.05) is 31.1 Å². The number of benzene rings is 1. The first-order valence-corrected chi connectivity index (χ1v) is 4.96. The normalized spacial score (nSPS) is 11.0. The zero-order chi connectivity index (χ0) is 10.3. The molecule has 3 rings (SSSR count). The predicted octanol–water partition coefficient (Wildman–Crippen LogP) is 2.36. The van der Waals surface area contributed by atoms with Crippen molar-refractivity contribution in [2.45, 2.75) is 6.82 Å². The highest BCUT2D eigenvalue weighted by Crippen LogP contribution is 2.24. The molecule has 0 aliphatic heterocycles. The Bertz CT molecular complexity index is 630. The quantitative estimate of drug-likeness (QED) is 0.555. The fourth-order valence-corrected chi connectivity index (χ4v) is 1.91. The van der Waals surface area contributed by atoms with Gasteiger partial charge in [-0.25, -0.2) is 0 Å². The highest BCUT2D eigenvalue weighted by Gasteiger charge is 2.09. The van der Waals surface area contributed by atoms with Gasteiger partial charge in [-0.2, -0.15) is 0 Å². The van der Waals surface area contributed by atoms with Crippen LogP contribution >= 0.6 is 0 Å². The van der Waals surface area contributed by atoms with Crippen LogP contribution in [0.5, 0.6) is 0 Å². The number of hydrogen-bond acceptors (Lipinski definition) is 2. The van der Waals surface area contributed by atoms with Crippen LogP contribution in [0.2, 0.25) is 6.82 Å². The van der Waals surface area contributed by atoms with Gasteiger partial charge in [-0.15, -0.1) is 0 Å². The number of fused-ring (bicyclic) bond motifs is 3. The molecule has 2 aromatic heterocycles. The molecule has 0 unspecified atom stereocenters. The summed E-state index contributed by atoms with van der Waals surface area (Å²) in [5.74, 6) is 0. The van der Waals surface area contributed by atoms with Gasteiger partial charge in [-0.05, 0) is 18.2 Å². The zero-order valence-electron chi connectivity index (χ0n) is 8.40. The van der Waals surface area contributed by atoms with E-state index >= 15 is 0 Å². The minimum atomic E-state index is 0.849. The second-order valence-electron chi connectivity index (χ2n) is 3.46. The molecule has 0 spiro atoms. The Morgan fingerprint density at radius 2 is 2.00 bits per heavy atom. The molecule has 0 aliphatic rings. The maximum Gasteiger partial charge on any atom is 0.153 e. The molecule has 0 atom stereocenters. The molecule has 3 heteroatoms. The minimum absolute atomic E-state index is 0.849. The van der Waals surface area contributed by atoms with Crippen LogP contribution in [-0.4, -0.2) is 12.3 Å². The number of nitrogens with zero attached hydrogens (tertiary/aromatic N) is 1. The van der Waals surface area contributed by atoms with E-state index in [0.717, 1.165) is 22.1 Å². The average molecular weight is 194 g/mol. The predicted molar refractivity (Wildman–Crippen MR) is 62.8 cm³/mol. The van der Waals surface area contributed by atoms with E-state index < -0.39 is 0 Å². The molecule has 0 saturated carbocycles. The van der Waals surface area contributed by atoms with Crippen molar-refractivity contribution in [2.75, 3.05) is 0 Å². The molecule has 0 bridgehead atoms. The van der Waals surface area contributed by atoms with Gasteiger partial charge in [0.25, 0.3) is 0 Å². The summed E-state index contributed by atoms with van der Waals surface area (Å²) >= 11 is 0. The van der Waals surface area contributed by atoms with Crippen LogP contribution in [0, 0.1) is 0 Å². The second-order valence-corrected chi connectivity index (χ2v) is 3.46. The third-order valence-electron chi connectivity index (χ3n) is 2.60. The Morgan fingerprint density at radius 1 is 1.13 bits per heavy atom. The van der Waals surface area contributed by atoms with Crippen molar-refractivity contribution in [1.29, 1.82) is 0 Å². The van der Waals surface area contributed by atoms with Gasteiger partial charge in [0.05, 0.1) is 0 Å². The summed E-state index contributed by atoms with van der Waals surface area (Å²) in [7, 11) is 2.08. The molecule has 0 aliphatic carbocycles. The van der Waals surface area contributed by atoms with Gasteiger partial charge in [-0.1, -0.05) is 24.4 Å². The summed E-state index contributed by atoms with van der Waals surface area (Å²) in [6, 6.07) is 9.89. The lowest BCUT2D eigenvalue weighted by Gasteiger charge is -1.96. The van der Waals surface area contributed by atoms with Crippen LogP contribution in [0.15, 0.2) is 40.9 Å². The summed E-state index contributed by atoms with van der Waals surface area (Å²) in [4.78, 5) is 4.36. The van der Waals surface area contributed by atoms with Crippen molar-refractivity contribution < 1.29 is 4.42 Å². The maximum atomic E-state index is 5.71. The van der Waals surface area contributed by atoms with Crippen molar-refractivity contribution in [2.24, 2.45) is 0 Å². The van der Waals surface area contributed by atoms with Crippen LogP contribution in [0.4, 0.5) is 0 Å². The molecule has 0 saturated heterocycles. The second kappa shape index (κ2) is 3.12. The number of hydrogen-bond donors (Lipinski definition) is 0. The Hall–Kier alpha value is -1.77. The van der Waals surface area contributed by atoms with E-state index in [1.165, 1.54) is 5.46 Å². The molecule has 0 amide bonds. The van der Waals surface area contributed by atoms with Crippen molar-refractivity contribution in [3.63, 3.8) is 0 Å². The minimum Gasteiger partial charge on any atom is -0.454 e. The number of aromatic nitrogens is 1. The molecular weight excluding hydrogens is 185 g/mol. The van der Waals surface area contributed by atoms with Crippen molar-refractivity contribution >= 4 is 34.8 Å². The van der Waals surface area contributed by atoms with Crippen LogP contribution < -0.4 is 5.46 Å². The smallest absolute Gasteiger partial charge is 0.153 e. The first-order valence-electron chi connectivity index (χ1n) is 4.96. The molecule has 2 heterocycles. The van der Waals surface area contributed by atoms with Crippen LogP contribution in [0.3, 0.4) is 0 Å². The molecule has 0 fully saturated rings. The Balaban J connectivity index is 2.56. The van der Waals surface area contributed by atoms with Crippen LogP contribution in [0.1, 0.15) is 0 Å². The van der Waals surface area contributed by atoms with Gasteiger partial charge in [0.15, 0.2) is 5.58 Å². The van der Waals surface area contributed by atoms with Crippen LogP contribution in [-0.2, 0) is 0 Å². The van der Waals surface area contributed by atoms with Gasteiger partial charge in [0, 0.05) is 11.6 Å². The number of rotatable bonds is 1. The third kappa shape index (κ3) is 1.16. The Morgan fingerprint density at radius 3 is 2.87 bits per heavy atom. The van der Waals surface area contributed by atoms with E-state index in [0.29, 0.717) is 0 Å². The molecule has 0 N–H and O–H groups in total. The van der Waals surface area contributed by atoms with Crippen LogP contribution in [0.25, 0.3) is 22.1 Å². The fourth-order valence-electron chi connectivity index (χ4n) is 1.91. The van der Waals surface area contributed by atoms with Gasteiger partial charge in [0.2, 0.25) is 0 Å². The largest absolute Gasteiger partial charge is 0.454 e. The summed E-state index contributed by atoms with van der Waals surface area (Å²) in [6.07, 6.45) is 1.80. The highest BCUT2D eigenvalue weighted by molar-refractivity contribution is 6.56. The standard InChI is InChI=1S/C12H9BNO/c1-13-8-4-2-5-9-11(8)12-10(15-9)6-3-7-14-12/h2-7H,1H3. The van der Waals surface area contributed by atoms with E-state index in [4.69, 9.17) is 4.42 Å². The maximum absolute atomic E-state index is 5.71. The van der Waals surface area contributed by atoms with Gasteiger partial charge in [-0.3, -0.25) is 4.98 Å². The molecule has 1 radical (unpaired) electrons. The molecule has 3 aromatic rings. The summed E-state index contributed by atoms with van der Waals surface area (Å²) in [5.41, 5.74) is 3.87. The van der Waals surface area contributed by atoms with E-state index in [1.54, 1.807) is 6.20 Å². The topological polar surface area (TPSA) is 26.0 Å².